The molecular weight excluding hydrogens is 433 g/mol. The van der Waals surface area contributed by atoms with Crippen molar-refractivity contribution in [1.82, 2.24) is 0 Å². The predicted octanol–water partition coefficient (Wildman–Crippen LogP) is 5.61. The summed E-state index contributed by atoms with van der Waals surface area (Å²) in [7, 11) is 1.51. The maximum atomic E-state index is 13.7. The van der Waals surface area contributed by atoms with Crippen molar-refractivity contribution < 1.29 is 23.8 Å². The van der Waals surface area contributed by atoms with E-state index in [0.717, 1.165) is 10.8 Å². The fourth-order valence-electron chi connectivity index (χ4n) is 4.40. The summed E-state index contributed by atoms with van der Waals surface area (Å²) in [6, 6.07) is 24.2. The second-order valence-electron chi connectivity index (χ2n) is 7.95. The van der Waals surface area contributed by atoms with E-state index in [1.165, 1.54) is 36.3 Å². The molecule has 1 aliphatic heterocycles. The number of hydrogen-bond acceptors (Lipinski definition) is 4. The average Bonchev–Trinajstić information content (AvgIpc) is 3.14. The Kier molecular flexibility index (Phi) is 5.34. The molecule has 6 heteroatoms. The number of aliphatic hydroxyl groups is 1. The van der Waals surface area contributed by atoms with E-state index in [-0.39, 0.29) is 11.3 Å². The first-order valence-corrected chi connectivity index (χ1v) is 10.7. The molecule has 4 aromatic carbocycles. The first-order valence-electron chi connectivity index (χ1n) is 10.7. The van der Waals surface area contributed by atoms with Crippen LogP contribution in [0, 0.1) is 5.82 Å². The number of nitrogens with zero attached hydrogens (tertiary/aromatic N) is 1. The minimum Gasteiger partial charge on any atom is -0.507 e. The lowest BCUT2D eigenvalue weighted by Gasteiger charge is -2.25. The Morgan fingerprint density at radius 3 is 2.38 bits per heavy atom. The molecule has 0 aromatic heterocycles. The Balaban J connectivity index is 1.77. The van der Waals surface area contributed by atoms with Crippen molar-refractivity contribution in [2.75, 3.05) is 12.0 Å². The number of aliphatic hydroxyl groups excluding tert-OH is 1. The van der Waals surface area contributed by atoms with E-state index in [4.69, 9.17) is 4.74 Å². The molecule has 34 heavy (non-hydrogen) atoms. The van der Waals surface area contributed by atoms with Crippen LogP contribution >= 0.6 is 0 Å². The normalized spacial score (nSPS) is 17.4. The third kappa shape index (κ3) is 3.49. The third-order valence-corrected chi connectivity index (χ3v) is 6.01. The highest BCUT2D eigenvalue weighted by Gasteiger charge is 2.47. The first kappa shape index (κ1) is 21.4. The van der Waals surface area contributed by atoms with Crippen LogP contribution in [-0.2, 0) is 9.59 Å². The van der Waals surface area contributed by atoms with Crippen LogP contribution in [0.4, 0.5) is 10.1 Å². The van der Waals surface area contributed by atoms with Crippen LogP contribution in [0.3, 0.4) is 0 Å². The summed E-state index contributed by atoms with van der Waals surface area (Å²) >= 11 is 0. The number of amides is 1. The number of ether oxygens (including phenoxy) is 1. The van der Waals surface area contributed by atoms with Crippen LogP contribution in [0.5, 0.6) is 5.75 Å². The summed E-state index contributed by atoms with van der Waals surface area (Å²) in [6.45, 7) is 0. The zero-order valence-electron chi connectivity index (χ0n) is 18.2. The number of carbonyl (C=O) groups is 2. The highest BCUT2D eigenvalue weighted by molar-refractivity contribution is 6.51. The fourth-order valence-corrected chi connectivity index (χ4v) is 4.40. The van der Waals surface area contributed by atoms with Crippen LogP contribution in [0.2, 0.25) is 0 Å². The molecule has 0 radical (unpaired) electrons. The van der Waals surface area contributed by atoms with Gasteiger partial charge in [-0.1, -0.05) is 60.7 Å². The predicted molar refractivity (Wildman–Crippen MR) is 128 cm³/mol. The maximum Gasteiger partial charge on any atom is 0.300 e. The molecule has 1 amide bonds. The van der Waals surface area contributed by atoms with Gasteiger partial charge in [-0.3, -0.25) is 14.5 Å². The smallest absolute Gasteiger partial charge is 0.300 e. The number of methoxy groups -OCH3 is 1. The summed E-state index contributed by atoms with van der Waals surface area (Å²) in [6.07, 6.45) is 0. The number of anilines is 1. The SMILES string of the molecule is COc1cccc(N2C(=O)C(=O)/C(=C(\O)c3cccc4ccccc34)C2c2ccc(F)cc2)c1. The molecule has 0 aliphatic carbocycles. The van der Waals surface area contributed by atoms with Crippen molar-refractivity contribution in [2.45, 2.75) is 6.04 Å². The molecule has 0 saturated carbocycles. The van der Waals surface area contributed by atoms with Crippen LogP contribution in [-0.4, -0.2) is 23.9 Å². The largest absolute Gasteiger partial charge is 0.507 e. The maximum absolute atomic E-state index is 13.7. The van der Waals surface area contributed by atoms with Crippen molar-refractivity contribution >= 4 is 33.9 Å². The zero-order valence-corrected chi connectivity index (χ0v) is 18.2. The van der Waals surface area contributed by atoms with E-state index >= 15 is 0 Å². The van der Waals surface area contributed by atoms with Gasteiger partial charge >= 0.3 is 0 Å². The minimum atomic E-state index is -0.952. The third-order valence-electron chi connectivity index (χ3n) is 6.01. The van der Waals surface area contributed by atoms with Crippen molar-refractivity contribution in [1.29, 1.82) is 0 Å². The number of ketones is 1. The number of benzene rings is 4. The van der Waals surface area contributed by atoms with Crippen molar-refractivity contribution in [3.05, 3.63) is 114 Å². The molecular formula is C28H20FNO4. The molecule has 1 fully saturated rings. The van der Waals surface area contributed by atoms with E-state index < -0.39 is 23.5 Å². The lowest BCUT2D eigenvalue weighted by molar-refractivity contribution is -0.132. The monoisotopic (exact) mass is 453 g/mol. The number of hydrogen-bond donors (Lipinski definition) is 1. The Morgan fingerprint density at radius 2 is 1.62 bits per heavy atom. The average molecular weight is 453 g/mol. The molecule has 1 heterocycles. The van der Waals surface area contributed by atoms with E-state index in [1.807, 2.05) is 30.3 Å². The quantitative estimate of drug-likeness (QED) is 0.248. The van der Waals surface area contributed by atoms with Gasteiger partial charge in [-0.05, 0) is 40.6 Å². The second kappa shape index (κ2) is 8.48. The molecule has 1 saturated heterocycles. The van der Waals surface area contributed by atoms with Crippen molar-refractivity contribution in [2.24, 2.45) is 0 Å². The lowest BCUT2D eigenvalue weighted by atomic mass is 9.93. The second-order valence-corrected chi connectivity index (χ2v) is 7.95. The molecule has 1 atom stereocenters. The number of fused-ring (bicyclic) bond motifs is 1. The standard InChI is InChI=1S/C28H20FNO4/c1-34-21-9-5-8-20(16-21)30-25(18-12-14-19(29)15-13-18)24(27(32)28(30)33)26(31)23-11-4-7-17-6-2-3-10-22(17)23/h2-16,25,31H,1H3/b26-24-. The molecule has 5 rings (SSSR count). The molecule has 1 unspecified atom stereocenters. The lowest BCUT2D eigenvalue weighted by Crippen LogP contribution is -2.29. The minimum absolute atomic E-state index is 0.0595. The van der Waals surface area contributed by atoms with E-state index in [9.17, 15) is 19.1 Å². The van der Waals surface area contributed by atoms with Gasteiger partial charge < -0.3 is 9.84 Å². The van der Waals surface area contributed by atoms with Gasteiger partial charge in [0.05, 0.1) is 18.7 Å². The number of rotatable bonds is 4. The summed E-state index contributed by atoms with van der Waals surface area (Å²) in [5.74, 6) is -1.83. The summed E-state index contributed by atoms with van der Waals surface area (Å²) < 4.78 is 19.0. The van der Waals surface area contributed by atoms with Crippen LogP contribution in [0.15, 0.2) is 96.6 Å². The van der Waals surface area contributed by atoms with Gasteiger partial charge in [0.2, 0.25) is 0 Å². The Morgan fingerprint density at radius 1 is 0.912 bits per heavy atom. The van der Waals surface area contributed by atoms with Crippen molar-refractivity contribution in [3.63, 3.8) is 0 Å². The summed E-state index contributed by atoms with van der Waals surface area (Å²) in [4.78, 5) is 27.9. The Bertz CT molecular complexity index is 1450. The Labute approximate surface area is 195 Å². The Hall–Kier alpha value is -4.45. The van der Waals surface area contributed by atoms with Crippen LogP contribution < -0.4 is 9.64 Å². The van der Waals surface area contributed by atoms with Gasteiger partial charge in [0.1, 0.15) is 17.3 Å². The van der Waals surface area contributed by atoms with E-state index in [0.29, 0.717) is 22.6 Å². The molecule has 4 aromatic rings. The van der Waals surface area contributed by atoms with Gasteiger partial charge in [0, 0.05) is 17.3 Å². The molecule has 0 bridgehead atoms. The van der Waals surface area contributed by atoms with Gasteiger partial charge in [-0.25, -0.2) is 4.39 Å². The van der Waals surface area contributed by atoms with Gasteiger partial charge in [0.15, 0.2) is 0 Å². The van der Waals surface area contributed by atoms with Crippen molar-refractivity contribution in [3.8, 4) is 5.75 Å². The highest BCUT2D eigenvalue weighted by atomic mass is 19.1. The van der Waals surface area contributed by atoms with Gasteiger partial charge in [-0.15, -0.1) is 0 Å². The highest BCUT2D eigenvalue weighted by Crippen LogP contribution is 2.43. The first-order chi connectivity index (χ1) is 16.5. The number of Topliss-reactive ketones (excluding diaryl/α,β-unsaturated/α-hetero) is 1. The molecule has 1 aliphatic rings. The molecule has 0 spiro atoms. The number of carbonyl (C=O) groups excluding carboxylic acids is 2. The summed E-state index contributed by atoms with van der Waals surface area (Å²) in [5, 5.41) is 13.1. The van der Waals surface area contributed by atoms with E-state index in [1.54, 1.807) is 36.4 Å². The molecule has 168 valence electrons. The van der Waals surface area contributed by atoms with Gasteiger partial charge in [-0.2, -0.15) is 0 Å². The van der Waals surface area contributed by atoms with Crippen LogP contribution in [0.25, 0.3) is 16.5 Å². The number of halogens is 1. The van der Waals surface area contributed by atoms with Crippen LogP contribution in [0.1, 0.15) is 17.2 Å². The topological polar surface area (TPSA) is 66.8 Å². The molecule has 5 nitrogen and oxygen atoms in total. The summed E-state index contributed by atoms with van der Waals surface area (Å²) in [5.41, 5.74) is 1.29. The van der Waals surface area contributed by atoms with E-state index in [2.05, 4.69) is 0 Å². The fraction of sp³-hybridized carbons (Fsp3) is 0.0714. The molecule has 1 N–H and O–H groups in total. The zero-order chi connectivity index (χ0) is 23.8. The van der Waals surface area contributed by atoms with Gasteiger partial charge in [0.25, 0.3) is 11.7 Å².